The number of nitrogens with zero attached hydrogens (tertiary/aromatic N) is 1. The molecule has 98 valence electrons. The van der Waals surface area contributed by atoms with Gasteiger partial charge in [0.15, 0.2) is 0 Å². The molecule has 1 aromatic carbocycles. The number of aryl methyl sites for hydroxylation is 1. The van der Waals surface area contributed by atoms with Crippen LogP contribution in [0.25, 0.3) is 0 Å². The highest BCUT2D eigenvalue weighted by atomic mass is 19.1. The van der Waals surface area contributed by atoms with E-state index in [1.807, 2.05) is 0 Å². The summed E-state index contributed by atoms with van der Waals surface area (Å²) in [4.78, 5) is 15.1. The monoisotopic (exact) mass is 262 g/mol. The lowest BCUT2D eigenvalue weighted by Crippen LogP contribution is -2.23. The maximum atomic E-state index is 13.3. The maximum absolute atomic E-state index is 13.3. The first kappa shape index (κ1) is 13.1. The fourth-order valence-electron chi connectivity index (χ4n) is 1.54. The predicted octanol–water partition coefficient (Wildman–Crippen LogP) is 2.60. The summed E-state index contributed by atoms with van der Waals surface area (Å²) in [6, 6.07) is 7.21. The van der Waals surface area contributed by atoms with Crippen molar-refractivity contribution in [1.82, 2.24) is 10.3 Å². The van der Waals surface area contributed by atoms with E-state index in [0.717, 1.165) is 12.3 Å². The number of carbonyl (C=O) groups is 1. The van der Waals surface area contributed by atoms with Crippen LogP contribution in [-0.4, -0.2) is 10.9 Å². The molecular weight excluding hydrogens is 250 g/mol. The Hall–Kier alpha value is -2.30. The lowest BCUT2D eigenvalue weighted by atomic mass is 10.1. The van der Waals surface area contributed by atoms with Crippen molar-refractivity contribution >= 4 is 5.91 Å². The van der Waals surface area contributed by atoms with E-state index in [-0.39, 0.29) is 23.8 Å². The van der Waals surface area contributed by atoms with Crippen molar-refractivity contribution in [3.05, 3.63) is 65.0 Å². The molecule has 0 aliphatic rings. The summed E-state index contributed by atoms with van der Waals surface area (Å²) in [5.74, 6) is -1.33. The molecule has 0 bridgehead atoms. The number of halogens is 2. The van der Waals surface area contributed by atoms with Crippen LogP contribution < -0.4 is 5.32 Å². The second-order valence-corrected chi connectivity index (χ2v) is 4.14. The highest BCUT2D eigenvalue weighted by Gasteiger charge is 2.06. The fraction of sp³-hybridized carbons (Fsp3) is 0.143. The van der Waals surface area contributed by atoms with Gasteiger partial charge in [0.05, 0.1) is 5.56 Å². The molecule has 19 heavy (non-hydrogen) atoms. The van der Waals surface area contributed by atoms with Crippen LogP contribution in [0.15, 0.2) is 36.5 Å². The fourth-order valence-corrected chi connectivity index (χ4v) is 1.54. The van der Waals surface area contributed by atoms with Crippen LogP contribution in [0.4, 0.5) is 8.78 Å². The topological polar surface area (TPSA) is 42.0 Å². The lowest BCUT2D eigenvalue weighted by Gasteiger charge is -2.06. The lowest BCUT2D eigenvalue weighted by molar-refractivity contribution is 0.0950. The SMILES string of the molecule is Cc1ccc(CNC(=O)c2ccc(F)nc2)cc1F. The number of amides is 1. The number of rotatable bonds is 3. The quantitative estimate of drug-likeness (QED) is 0.864. The highest BCUT2D eigenvalue weighted by molar-refractivity contribution is 5.93. The molecule has 0 atom stereocenters. The van der Waals surface area contributed by atoms with Gasteiger partial charge in [0.1, 0.15) is 5.82 Å². The zero-order valence-corrected chi connectivity index (χ0v) is 10.3. The van der Waals surface area contributed by atoms with Crippen molar-refractivity contribution in [3.8, 4) is 0 Å². The molecule has 0 fully saturated rings. The van der Waals surface area contributed by atoms with E-state index in [4.69, 9.17) is 0 Å². The van der Waals surface area contributed by atoms with Gasteiger partial charge in [0.25, 0.3) is 5.91 Å². The summed E-state index contributed by atoms with van der Waals surface area (Å²) in [5, 5.41) is 2.61. The molecule has 3 nitrogen and oxygen atoms in total. The molecule has 5 heteroatoms. The average Bonchev–Trinajstić information content (AvgIpc) is 2.40. The zero-order valence-electron chi connectivity index (χ0n) is 10.3. The number of pyridine rings is 1. The standard InChI is InChI=1S/C14H12F2N2O/c1-9-2-3-10(6-12(9)15)7-18-14(19)11-4-5-13(16)17-8-11/h2-6,8H,7H2,1H3,(H,18,19). The molecule has 1 amide bonds. The Morgan fingerprint density at radius 3 is 2.68 bits per heavy atom. The van der Waals surface area contributed by atoms with Crippen molar-refractivity contribution in [2.24, 2.45) is 0 Å². The minimum Gasteiger partial charge on any atom is -0.348 e. The van der Waals surface area contributed by atoms with Crippen LogP contribution in [0.2, 0.25) is 0 Å². The Morgan fingerprint density at radius 2 is 2.05 bits per heavy atom. The Kier molecular flexibility index (Phi) is 3.85. The maximum Gasteiger partial charge on any atom is 0.253 e. The third-order valence-electron chi connectivity index (χ3n) is 2.68. The molecule has 1 heterocycles. The van der Waals surface area contributed by atoms with E-state index in [1.54, 1.807) is 19.1 Å². The smallest absolute Gasteiger partial charge is 0.253 e. The van der Waals surface area contributed by atoms with Gasteiger partial charge in [-0.05, 0) is 36.2 Å². The summed E-state index contributed by atoms with van der Waals surface area (Å²) >= 11 is 0. The second-order valence-electron chi connectivity index (χ2n) is 4.14. The molecule has 2 aromatic rings. The number of aromatic nitrogens is 1. The van der Waals surface area contributed by atoms with Crippen LogP contribution in [0.5, 0.6) is 0 Å². The molecule has 2 rings (SSSR count). The second kappa shape index (κ2) is 5.56. The predicted molar refractivity (Wildman–Crippen MR) is 66.5 cm³/mol. The van der Waals surface area contributed by atoms with Gasteiger partial charge >= 0.3 is 0 Å². The van der Waals surface area contributed by atoms with Gasteiger partial charge in [-0.25, -0.2) is 9.37 Å². The Balaban J connectivity index is 2.00. The summed E-state index contributed by atoms with van der Waals surface area (Å²) in [6.07, 6.45) is 1.15. The number of hydrogen-bond acceptors (Lipinski definition) is 2. The first-order chi connectivity index (χ1) is 9.06. The molecule has 1 aromatic heterocycles. The van der Waals surface area contributed by atoms with Crippen molar-refractivity contribution in [3.63, 3.8) is 0 Å². The molecule has 0 saturated carbocycles. The van der Waals surface area contributed by atoms with E-state index in [0.29, 0.717) is 11.1 Å². The van der Waals surface area contributed by atoms with Gasteiger partial charge in [0, 0.05) is 12.7 Å². The van der Waals surface area contributed by atoms with Crippen molar-refractivity contribution in [1.29, 1.82) is 0 Å². The van der Waals surface area contributed by atoms with E-state index in [1.165, 1.54) is 12.1 Å². The van der Waals surface area contributed by atoms with Crippen molar-refractivity contribution in [2.45, 2.75) is 13.5 Å². The summed E-state index contributed by atoms with van der Waals surface area (Å²) in [7, 11) is 0. The Labute approximate surface area is 109 Å². The molecule has 1 N–H and O–H groups in total. The van der Waals surface area contributed by atoms with E-state index < -0.39 is 5.95 Å². The zero-order chi connectivity index (χ0) is 13.8. The molecule has 0 spiro atoms. The van der Waals surface area contributed by atoms with Crippen molar-refractivity contribution < 1.29 is 13.6 Å². The van der Waals surface area contributed by atoms with E-state index in [9.17, 15) is 13.6 Å². The minimum absolute atomic E-state index is 0.202. The van der Waals surface area contributed by atoms with E-state index >= 15 is 0 Å². The van der Waals surface area contributed by atoms with Crippen LogP contribution in [0, 0.1) is 18.7 Å². The molecule has 0 aliphatic carbocycles. The van der Waals surface area contributed by atoms with Gasteiger partial charge in [-0.2, -0.15) is 4.39 Å². The first-order valence-corrected chi connectivity index (χ1v) is 5.71. The van der Waals surface area contributed by atoms with Crippen LogP contribution in [0.3, 0.4) is 0 Å². The number of carbonyl (C=O) groups excluding carboxylic acids is 1. The molecule has 0 radical (unpaired) electrons. The van der Waals surface area contributed by atoms with Crippen LogP contribution >= 0.6 is 0 Å². The third kappa shape index (κ3) is 3.34. The van der Waals surface area contributed by atoms with Gasteiger partial charge in [0.2, 0.25) is 5.95 Å². The largest absolute Gasteiger partial charge is 0.348 e. The molecular formula is C14H12F2N2O. The summed E-state index contributed by atoms with van der Waals surface area (Å²) in [5.41, 5.74) is 1.47. The summed E-state index contributed by atoms with van der Waals surface area (Å²) in [6.45, 7) is 1.87. The normalized spacial score (nSPS) is 10.3. The molecule has 0 aliphatic heterocycles. The van der Waals surface area contributed by atoms with Gasteiger partial charge in [-0.15, -0.1) is 0 Å². The number of nitrogens with one attached hydrogen (secondary N) is 1. The molecule has 0 unspecified atom stereocenters. The average molecular weight is 262 g/mol. The number of benzene rings is 1. The van der Waals surface area contributed by atoms with Crippen LogP contribution in [-0.2, 0) is 6.54 Å². The van der Waals surface area contributed by atoms with Gasteiger partial charge in [-0.3, -0.25) is 4.79 Å². The van der Waals surface area contributed by atoms with Gasteiger partial charge < -0.3 is 5.32 Å². The molecule has 0 saturated heterocycles. The van der Waals surface area contributed by atoms with Gasteiger partial charge in [-0.1, -0.05) is 12.1 Å². The Morgan fingerprint density at radius 1 is 1.26 bits per heavy atom. The number of hydrogen-bond donors (Lipinski definition) is 1. The van der Waals surface area contributed by atoms with Crippen molar-refractivity contribution in [2.75, 3.05) is 0 Å². The summed E-state index contributed by atoms with van der Waals surface area (Å²) < 4.78 is 25.9. The van der Waals surface area contributed by atoms with E-state index in [2.05, 4.69) is 10.3 Å². The first-order valence-electron chi connectivity index (χ1n) is 5.71. The van der Waals surface area contributed by atoms with Crippen LogP contribution in [0.1, 0.15) is 21.5 Å². The Bertz CT molecular complexity index is 597. The highest BCUT2D eigenvalue weighted by Crippen LogP contribution is 2.09. The third-order valence-corrected chi connectivity index (χ3v) is 2.68. The minimum atomic E-state index is -0.642.